The Kier molecular flexibility index (Phi) is 8.60. The van der Waals surface area contributed by atoms with E-state index in [1.807, 2.05) is 0 Å². The maximum absolute atomic E-state index is 15.1. The zero-order chi connectivity index (χ0) is 28.7. The van der Waals surface area contributed by atoms with Crippen LogP contribution in [-0.2, 0) is 44.1 Å². The summed E-state index contributed by atoms with van der Waals surface area (Å²) < 4.78 is 146. The lowest BCUT2D eigenvalue weighted by molar-refractivity contribution is -0.137. The summed E-state index contributed by atoms with van der Waals surface area (Å²) >= 11 is 0. The average Bonchev–Trinajstić information content (AvgIpc) is 2.78. The summed E-state index contributed by atoms with van der Waals surface area (Å²) in [6.45, 7) is 0. The van der Waals surface area contributed by atoms with Crippen LogP contribution in [0.15, 0.2) is 47.4 Å². The van der Waals surface area contributed by atoms with Crippen molar-refractivity contribution in [3.63, 3.8) is 0 Å². The second-order valence-electron chi connectivity index (χ2n) is 9.02. The highest BCUT2D eigenvalue weighted by molar-refractivity contribution is 8.13. The number of halogens is 6. The Bertz CT molecular complexity index is 1510. The van der Waals surface area contributed by atoms with E-state index < -0.39 is 105 Å². The minimum atomic E-state index is -4.79. The number of sulfone groups is 1. The van der Waals surface area contributed by atoms with E-state index in [2.05, 4.69) is 0 Å². The standard InChI is InChI=1S/C22H22ClF5O7S3/c1-36(29,30)35-20-8-10-21(13-14(20)9-11-37(23,31)32,18-12-16(24)4-7-19(18)25)38(33,34)17-5-2-15(3-6-17)22(26,27)28/h2-7,12,14,20H,8-11,13H2,1H3/t14-,20-,21-/m1/s1. The molecule has 0 N–H and O–H groups in total. The van der Waals surface area contributed by atoms with Gasteiger partial charge in [0, 0.05) is 16.2 Å². The van der Waals surface area contributed by atoms with Gasteiger partial charge in [0.05, 0.1) is 28.6 Å². The molecule has 1 aliphatic carbocycles. The summed E-state index contributed by atoms with van der Waals surface area (Å²) in [5.74, 6) is -4.00. The minimum Gasteiger partial charge on any atom is -0.267 e. The van der Waals surface area contributed by atoms with Crippen molar-refractivity contribution in [2.75, 3.05) is 12.0 Å². The second-order valence-corrected chi connectivity index (χ2v) is 15.8. The first-order valence-electron chi connectivity index (χ1n) is 10.9. The van der Waals surface area contributed by atoms with Gasteiger partial charge >= 0.3 is 6.18 Å². The number of hydrogen-bond donors (Lipinski definition) is 0. The molecule has 16 heteroatoms. The van der Waals surface area contributed by atoms with E-state index in [9.17, 15) is 42.8 Å². The molecule has 1 fully saturated rings. The van der Waals surface area contributed by atoms with E-state index in [-0.39, 0.29) is 6.42 Å². The molecule has 212 valence electrons. The van der Waals surface area contributed by atoms with E-state index in [1.54, 1.807) is 0 Å². The van der Waals surface area contributed by atoms with Gasteiger partial charge in [-0.1, -0.05) is 0 Å². The van der Waals surface area contributed by atoms with Gasteiger partial charge in [-0.25, -0.2) is 25.6 Å². The zero-order valence-electron chi connectivity index (χ0n) is 19.6. The van der Waals surface area contributed by atoms with Crippen molar-refractivity contribution in [2.24, 2.45) is 5.92 Å². The van der Waals surface area contributed by atoms with Gasteiger partial charge in [0.1, 0.15) is 16.4 Å². The molecular weight excluding hydrogens is 603 g/mol. The van der Waals surface area contributed by atoms with E-state index >= 15 is 4.39 Å². The second kappa shape index (κ2) is 10.6. The van der Waals surface area contributed by atoms with Gasteiger partial charge in [0.15, 0.2) is 9.84 Å². The Morgan fingerprint density at radius 2 is 1.61 bits per heavy atom. The van der Waals surface area contributed by atoms with Gasteiger partial charge in [0.25, 0.3) is 10.1 Å². The van der Waals surface area contributed by atoms with Crippen molar-refractivity contribution >= 4 is 39.7 Å². The molecule has 3 atom stereocenters. The molecule has 0 spiro atoms. The van der Waals surface area contributed by atoms with Gasteiger partial charge in [-0.3, -0.25) is 4.18 Å². The molecular formula is C22H22ClF5O7S3. The van der Waals surface area contributed by atoms with Crippen LogP contribution in [0.2, 0.25) is 0 Å². The van der Waals surface area contributed by atoms with Gasteiger partial charge in [-0.2, -0.15) is 21.6 Å². The third-order valence-electron chi connectivity index (χ3n) is 6.41. The smallest absolute Gasteiger partial charge is 0.267 e. The van der Waals surface area contributed by atoms with Crippen LogP contribution in [0.25, 0.3) is 0 Å². The van der Waals surface area contributed by atoms with Crippen molar-refractivity contribution < 1.29 is 51.4 Å². The van der Waals surface area contributed by atoms with Crippen LogP contribution in [0.1, 0.15) is 36.8 Å². The third-order valence-corrected chi connectivity index (χ3v) is 10.7. The summed E-state index contributed by atoms with van der Waals surface area (Å²) in [5, 5.41) is 0. The molecule has 0 aromatic heterocycles. The van der Waals surface area contributed by atoms with Crippen LogP contribution in [0, 0.1) is 17.6 Å². The van der Waals surface area contributed by atoms with Crippen LogP contribution < -0.4 is 0 Å². The first-order valence-corrected chi connectivity index (χ1v) is 16.7. The quantitative estimate of drug-likeness (QED) is 0.237. The Balaban J connectivity index is 2.21. The molecule has 7 nitrogen and oxygen atoms in total. The molecule has 2 aromatic carbocycles. The lowest BCUT2D eigenvalue weighted by Crippen LogP contribution is -2.47. The first kappa shape index (κ1) is 30.7. The fraction of sp³-hybridized carbons (Fsp3) is 0.455. The fourth-order valence-electron chi connectivity index (χ4n) is 4.73. The lowest BCUT2D eigenvalue weighted by atomic mass is 9.74. The fourth-order valence-corrected chi connectivity index (χ4v) is 8.49. The summed E-state index contributed by atoms with van der Waals surface area (Å²) in [6, 6.07) is 4.50. The number of alkyl halides is 3. The highest BCUT2D eigenvalue weighted by atomic mass is 35.7. The molecule has 0 aliphatic heterocycles. The summed E-state index contributed by atoms with van der Waals surface area (Å²) in [4.78, 5) is -0.625. The normalized spacial score (nSPS) is 23.3. The predicted molar refractivity (Wildman–Crippen MR) is 128 cm³/mol. The number of hydrogen-bond acceptors (Lipinski definition) is 7. The number of benzene rings is 2. The Morgan fingerprint density at radius 3 is 2.13 bits per heavy atom. The maximum atomic E-state index is 15.1. The minimum absolute atomic E-state index is 0.351. The van der Waals surface area contributed by atoms with Crippen molar-refractivity contribution in [1.29, 1.82) is 0 Å². The van der Waals surface area contributed by atoms with E-state index in [4.69, 9.17) is 14.9 Å². The topological polar surface area (TPSA) is 112 Å². The van der Waals surface area contributed by atoms with Gasteiger partial charge in [-0.15, -0.1) is 0 Å². The van der Waals surface area contributed by atoms with E-state index in [1.165, 1.54) is 0 Å². The van der Waals surface area contributed by atoms with Gasteiger partial charge in [0.2, 0.25) is 9.05 Å². The molecule has 1 saturated carbocycles. The summed E-state index contributed by atoms with van der Waals surface area (Å²) in [5.41, 5.74) is -1.77. The Labute approximate surface area is 221 Å². The van der Waals surface area contributed by atoms with Crippen LogP contribution >= 0.6 is 10.7 Å². The van der Waals surface area contributed by atoms with Crippen molar-refractivity contribution in [3.05, 3.63) is 65.2 Å². The molecule has 2 aromatic rings. The van der Waals surface area contributed by atoms with Crippen LogP contribution in [0.5, 0.6) is 0 Å². The predicted octanol–water partition coefficient (Wildman–Crippen LogP) is 4.76. The molecule has 0 amide bonds. The van der Waals surface area contributed by atoms with Crippen LogP contribution in [0.3, 0.4) is 0 Å². The molecule has 1 aliphatic rings. The average molecular weight is 625 g/mol. The first-order chi connectivity index (χ1) is 17.3. The third kappa shape index (κ3) is 6.84. The number of rotatable bonds is 8. The van der Waals surface area contributed by atoms with E-state index in [0.717, 1.165) is 12.3 Å². The molecule has 0 radical (unpaired) electrons. The molecule has 3 rings (SSSR count). The monoisotopic (exact) mass is 624 g/mol. The molecule has 0 heterocycles. The van der Waals surface area contributed by atoms with Crippen molar-refractivity contribution in [1.82, 2.24) is 0 Å². The summed E-state index contributed by atoms with van der Waals surface area (Å²) in [6.07, 6.45) is -7.16. The molecule has 38 heavy (non-hydrogen) atoms. The largest absolute Gasteiger partial charge is 0.416 e. The Hall–Kier alpha value is -1.81. The van der Waals surface area contributed by atoms with E-state index in [0.29, 0.717) is 36.4 Å². The maximum Gasteiger partial charge on any atom is 0.416 e. The van der Waals surface area contributed by atoms with Gasteiger partial charge < -0.3 is 0 Å². The summed E-state index contributed by atoms with van der Waals surface area (Å²) in [7, 11) is -7.74. The Morgan fingerprint density at radius 1 is 1.00 bits per heavy atom. The van der Waals surface area contributed by atoms with Gasteiger partial charge in [-0.05, 0) is 74.1 Å². The van der Waals surface area contributed by atoms with Crippen LogP contribution in [0.4, 0.5) is 22.0 Å². The van der Waals surface area contributed by atoms with Crippen molar-refractivity contribution in [3.8, 4) is 0 Å². The highest BCUT2D eigenvalue weighted by Gasteiger charge is 2.53. The molecule has 0 saturated heterocycles. The molecule has 0 unspecified atom stereocenters. The SMILES string of the molecule is CS(=O)(=O)O[C@@H]1CC[C@@](c2cc(F)ccc2F)(S(=O)(=O)c2ccc(C(F)(F)F)cc2)C[C@H]1CCS(=O)(=O)Cl. The highest BCUT2D eigenvalue weighted by Crippen LogP contribution is 2.51. The lowest BCUT2D eigenvalue weighted by Gasteiger charge is -2.44. The van der Waals surface area contributed by atoms with Crippen LogP contribution in [-0.4, -0.2) is 43.4 Å². The van der Waals surface area contributed by atoms with Crippen molar-refractivity contribution in [2.45, 2.75) is 47.6 Å². The zero-order valence-corrected chi connectivity index (χ0v) is 22.8. The molecule has 0 bridgehead atoms.